The molecule has 0 aromatic heterocycles. The van der Waals surface area contributed by atoms with E-state index in [4.69, 9.17) is 0 Å². The van der Waals surface area contributed by atoms with E-state index in [1.54, 1.807) is 11.2 Å². The van der Waals surface area contributed by atoms with Gasteiger partial charge in [0.05, 0.1) is 15.6 Å². The minimum atomic E-state index is -2.70. The number of likely N-dealkylation sites (tertiary alicyclic amines) is 2. The van der Waals surface area contributed by atoms with Gasteiger partial charge >= 0.3 is 0 Å². The summed E-state index contributed by atoms with van der Waals surface area (Å²) in [5.74, 6) is -0.280. The third-order valence-electron chi connectivity index (χ3n) is 6.58. The van der Waals surface area contributed by atoms with Crippen molar-refractivity contribution >= 4 is 27.5 Å². The van der Waals surface area contributed by atoms with Crippen LogP contribution in [0, 0.1) is 11.8 Å². The van der Waals surface area contributed by atoms with Gasteiger partial charge in [0.25, 0.3) is 5.91 Å². The average molecular weight is 438 g/mol. The Labute approximate surface area is 180 Å². The lowest BCUT2D eigenvalue weighted by molar-refractivity contribution is -0.133. The molecule has 1 aliphatic carbocycles. The zero-order chi connectivity index (χ0) is 21.7. The largest absolute Gasteiger partial charge is 0.343 e. The standard InChI is InChI=1S/C22H35N3O4S/c1-3-11-25-16-18(15-21(25)27)22(28)23-30(2,29)19-9-12-24(13-10-19)20(26)14-17-7-5-4-6-8-17/h4-5,17-19H,3,6-16H2,1-2H3. The maximum Gasteiger partial charge on any atom is 0.259 e. The number of amides is 3. The molecular weight excluding hydrogens is 402 g/mol. The molecule has 2 aliphatic heterocycles. The lowest BCUT2D eigenvalue weighted by atomic mass is 9.91. The number of carbonyl (C=O) groups excluding carboxylic acids is 3. The molecule has 2 saturated heterocycles. The number of piperidine rings is 1. The molecule has 7 nitrogen and oxygen atoms in total. The van der Waals surface area contributed by atoms with E-state index in [-0.39, 0.29) is 23.5 Å². The monoisotopic (exact) mass is 437 g/mol. The van der Waals surface area contributed by atoms with Crippen LogP contribution < -0.4 is 0 Å². The number of nitrogens with zero attached hydrogens (tertiary/aromatic N) is 3. The van der Waals surface area contributed by atoms with E-state index in [0.29, 0.717) is 51.4 Å². The van der Waals surface area contributed by atoms with E-state index in [1.807, 2.05) is 11.8 Å². The molecule has 168 valence electrons. The molecule has 30 heavy (non-hydrogen) atoms. The van der Waals surface area contributed by atoms with Crippen molar-refractivity contribution in [3.63, 3.8) is 0 Å². The Balaban J connectivity index is 1.53. The summed E-state index contributed by atoms with van der Waals surface area (Å²) in [7, 11) is -2.70. The number of hydrogen-bond acceptors (Lipinski definition) is 4. The summed E-state index contributed by atoms with van der Waals surface area (Å²) in [6.07, 6.45) is 11.8. The summed E-state index contributed by atoms with van der Waals surface area (Å²) in [4.78, 5) is 40.8. The number of carbonyl (C=O) groups is 3. The summed E-state index contributed by atoms with van der Waals surface area (Å²) >= 11 is 0. The van der Waals surface area contributed by atoms with Gasteiger partial charge in [0.1, 0.15) is 0 Å². The molecule has 3 aliphatic rings. The van der Waals surface area contributed by atoms with Crippen molar-refractivity contribution in [1.82, 2.24) is 9.80 Å². The first-order valence-electron chi connectivity index (χ1n) is 11.3. The van der Waals surface area contributed by atoms with Gasteiger partial charge in [-0.1, -0.05) is 19.1 Å². The molecular formula is C22H35N3O4S. The fourth-order valence-corrected chi connectivity index (χ4v) is 6.45. The van der Waals surface area contributed by atoms with E-state index in [2.05, 4.69) is 16.5 Å². The highest BCUT2D eigenvalue weighted by Crippen LogP contribution is 2.26. The van der Waals surface area contributed by atoms with Crippen LogP contribution >= 0.6 is 0 Å². The summed E-state index contributed by atoms with van der Waals surface area (Å²) in [5.41, 5.74) is 0. The van der Waals surface area contributed by atoms with Crippen LogP contribution in [0.15, 0.2) is 16.5 Å². The zero-order valence-electron chi connectivity index (χ0n) is 18.3. The number of rotatable bonds is 6. The van der Waals surface area contributed by atoms with Crippen LogP contribution in [0.5, 0.6) is 0 Å². The van der Waals surface area contributed by atoms with E-state index in [9.17, 15) is 18.6 Å². The summed E-state index contributed by atoms with van der Waals surface area (Å²) < 4.78 is 17.3. The van der Waals surface area contributed by atoms with Gasteiger partial charge in [-0.2, -0.15) is 4.36 Å². The Kier molecular flexibility index (Phi) is 7.71. The third-order valence-corrected chi connectivity index (χ3v) is 8.83. The van der Waals surface area contributed by atoms with E-state index in [1.165, 1.54) is 0 Å². The van der Waals surface area contributed by atoms with Gasteiger partial charge in [-0.05, 0) is 44.4 Å². The van der Waals surface area contributed by atoms with Crippen molar-refractivity contribution in [2.45, 2.75) is 63.5 Å². The van der Waals surface area contributed by atoms with Crippen LogP contribution in [-0.4, -0.2) is 69.4 Å². The molecule has 8 heteroatoms. The Hall–Kier alpha value is -1.70. The molecule has 2 heterocycles. The molecule has 0 spiro atoms. The minimum Gasteiger partial charge on any atom is -0.343 e. The van der Waals surface area contributed by atoms with Crippen molar-refractivity contribution in [3.05, 3.63) is 12.2 Å². The number of hydrogen-bond donors (Lipinski definition) is 0. The van der Waals surface area contributed by atoms with Crippen molar-refractivity contribution in [1.29, 1.82) is 0 Å². The summed E-state index contributed by atoms with van der Waals surface area (Å²) in [5, 5.41) is -0.188. The van der Waals surface area contributed by atoms with Gasteiger partial charge in [0.2, 0.25) is 11.8 Å². The van der Waals surface area contributed by atoms with Crippen molar-refractivity contribution < 1.29 is 18.6 Å². The molecule has 2 fully saturated rings. The molecule has 3 amide bonds. The predicted octanol–water partition coefficient (Wildman–Crippen LogP) is 2.61. The first-order chi connectivity index (χ1) is 14.3. The average Bonchev–Trinajstić information content (AvgIpc) is 3.09. The molecule has 0 N–H and O–H groups in total. The van der Waals surface area contributed by atoms with Crippen LogP contribution in [0.3, 0.4) is 0 Å². The van der Waals surface area contributed by atoms with Gasteiger partial charge in [0, 0.05) is 50.5 Å². The molecule has 3 atom stereocenters. The van der Waals surface area contributed by atoms with E-state index >= 15 is 0 Å². The van der Waals surface area contributed by atoms with Crippen molar-refractivity contribution in [2.24, 2.45) is 16.2 Å². The molecule has 3 rings (SSSR count). The lowest BCUT2D eigenvalue weighted by Gasteiger charge is -2.33. The highest BCUT2D eigenvalue weighted by molar-refractivity contribution is 7.93. The second-order valence-electron chi connectivity index (χ2n) is 8.97. The van der Waals surface area contributed by atoms with Crippen molar-refractivity contribution in [3.8, 4) is 0 Å². The smallest absolute Gasteiger partial charge is 0.259 e. The molecule has 0 aromatic carbocycles. The zero-order valence-corrected chi connectivity index (χ0v) is 19.1. The molecule has 0 bridgehead atoms. The van der Waals surface area contributed by atoms with E-state index < -0.39 is 21.6 Å². The van der Waals surface area contributed by atoms with Gasteiger partial charge in [-0.25, -0.2) is 4.21 Å². The highest BCUT2D eigenvalue weighted by atomic mass is 32.2. The first kappa shape index (κ1) is 23.0. The van der Waals surface area contributed by atoms with Crippen LogP contribution in [-0.2, 0) is 24.1 Å². The maximum atomic E-state index is 13.2. The lowest BCUT2D eigenvalue weighted by Crippen LogP contribution is -2.43. The SMILES string of the molecule is CCCN1CC(C(=O)N=S(C)(=O)C2CCN(C(=O)CC3CC=CCC3)CC2)CC1=O. The highest BCUT2D eigenvalue weighted by Gasteiger charge is 2.35. The number of allylic oxidation sites excluding steroid dienone is 2. The second-order valence-corrected chi connectivity index (χ2v) is 11.5. The van der Waals surface area contributed by atoms with Gasteiger partial charge in [-0.15, -0.1) is 0 Å². The fourth-order valence-electron chi connectivity index (χ4n) is 4.71. The first-order valence-corrected chi connectivity index (χ1v) is 13.2. The summed E-state index contributed by atoms with van der Waals surface area (Å²) in [6, 6.07) is 0. The fraction of sp³-hybridized carbons (Fsp3) is 0.773. The molecule has 0 radical (unpaired) electrons. The third kappa shape index (κ3) is 5.71. The molecule has 3 unspecified atom stereocenters. The Morgan fingerprint density at radius 3 is 2.57 bits per heavy atom. The van der Waals surface area contributed by atoms with E-state index in [0.717, 1.165) is 25.7 Å². The van der Waals surface area contributed by atoms with Gasteiger partial charge < -0.3 is 9.80 Å². The Morgan fingerprint density at radius 2 is 1.93 bits per heavy atom. The van der Waals surface area contributed by atoms with Crippen LogP contribution in [0.4, 0.5) is 0 Å². The normalized spacial score (nSPS) is 27.2. The molecule has 0 saturated carbocycles. The quantitative estimate of drug-likeness (QED) is 0.598. The van der Waals surface area contributed by atoms with Gasteiger partial charge in [0.15, 0.2) is 0 Å². The Morgan fingerprint density at radius 1 is 1.20 bits per heavy atom. The minimum absolute atomic E-state index is 0.0201. The summed E-state index contributed by atoms with van der Waals surface area (Å²) in [6.45, 7) is 4.18. The van der Waals surface area contributed by atoms with Crippen LogP contribution in [0.25, 0.3) is 0 Å². The van der Waals surface area contributed by atoms with Crippen molar-refractivity contribution in [2.75, 3.05) is 32.4 Å². The van der Waals surface area contributed by atoms with Crippen LogP contribution in [0.1, 0.15) is 58.3 Å². The maximum absolute atomic E-state index is 13.2. The predicted molar refractivity (Wildman–Crippen MR) is 117 cm³/mol. The molecule has 0 aromatic rings. The van der Waals surface area contributed by atoms with Crippen LogP contribution in [0.2, 0.25) is 0 Å². The van der Waals surface area contributed by atoms with Gasteiger partial charge in [-0.3, -0.25) is 14.4 Å². The topological polar surface area (TPSA) is 87.1 Å². The second kappa shape index (κ2) is 10.1. The Bertz CT molecular complexity index is 807.